The SMILES string of the molecule is Cc1nc(C)n(-c2nc(N3CCCCC3)ncc2F)n1. The molecular formula is C13H17FN6. The summed E-state index contributed by atoms with van der Waals surface area (Å²) in [6, 6.07) is 0. The van der Waals surface area contributed by atoms with Crippen LogP contribution in [0.25, 0.3) is 5.82 Å². The monoisotopic (exact) mass is 276 g/mol. The van der Waals surface area contributed by atoms with Gasteiger partial charge in [-0.15, -0.1) is 5.10 Å². The summed E-state index contributed by atoms with van der Waals surface area (Å²) < 4.78 is 15.4. The highest BCUT2D eigenvalue weighted by atomic mass is 19.1. The molecule has 3 heterocycles. The number of hydrogen-bond donors (Lipinski definition) is 0. The van der Waals surface area contributed by atoms with Gasteiger partial charge in [0.15, 0.2) is 11.6 Å². The van der Waals surface area contributed by atoms with Gasteiger partial charge < -0.3 is 4.90 Å². The van der Waals surface area contributed by atoms with E-state index in [0.717, 1.165) is 25.9 Å². The zero-order valence-corrected chi connectivity index (χ0v) is 11.7. The van der Waals surface area contributed by atoms with Crippen molar-refractivity contribution >= 4 is 5.95 Å². The van der Waals surface area contributed by atoms with Crippen molar-refractivity contribution in [1.29, 1.82) is 0 Å². The van der Waals surface area contributed by atoms with Crippen LogP contribution in [0.3, 0.4) is 0 Å². The topological polar surface area (TPSA) is 59.7 Å². The molecule has 0 aliphatic carbocycles. The molecule has 0 aromatic carbocycles. The predicted molar refractivity (Wildman–Crippen MR) is 72.4 cm³/mol. The molecule has 1 saturated heterocycles. The molecular weight excluding hydrogens is 259 g/mol. The minimum atomic E-state index is -0.487. The average Bonchev–Trinajstić information content (AvgIpc) is 2.79. The van der Waals surface area contributed by atoms with Crippen molar-refractivity contribution in [2.75, 3.05) is 18.0 Å². The van der Waals surface area contributed by atoms with E-state index >= 15 is 0 Å². The predicted octanol–water partition coefficient (Wildman–Crippen LogP) is 1.80. The lowest BCUT2D eigenvalue weighted by atomic mass is 10.1. The Labute approximate surface area is 116 Å². The van der Waals surface area contributed by atoms with E-state index in [-0.39, 0.29) is 5.82 Å². The highest BCUT2D eigenvalue weighted by Crippen LogP contribution is 2.18. The summed E-state index contributed by atoms with van der Waals surface area (Å²) in [4.78, 5) is 14.7. The minimum Gasteiger partial charge on any atom is -0.341 e. The van der Waals surface area contributed by atoms with Gasteiger partial charge in [0.05, 0.1) is 6.20 Å². The molecule has 0 saturated carbocycles. The fraction of sp³-hybridized carbons (Fsp3) is 0.538. The molecule has 20 heavy (non-hydrogen) atoms. The van der Waals surface area contributed by atoms with Crippen LogP contribution >= 0.6 is 0 Å². The van der Waals surface area contributed by atoms with E-state index in [4.69, 9.17) is 0 Å². The Morgan fingerprint density at radius 1 is 1.10 bits per heavy atom. The van der Waals surface area contributed by atoms with E-state index in [9.17, 15) is 4.39 Å². The molecule has 2 aromatic heterocycles. The summed E-state index contributed by atoms with van der Waals surface area (Å²) in [5.74, 6) is 1.45. The molecule has 2 aromatic rings. The van der Waals surface area contributed by atoms with Crippen LogP contribution in [0.4, 0.5) is 10.3 Å². The van der Waals surface area contributed by atoms with Gasteiger partial charge in [0, 0.05) is 13.1 Å². The van der Waals surface area contributed by atoms with Gasteiger partial charge >= 0.3 is 0 Å². The first-order valence-corrected chi connectivity index (χ1v) is 6.83. The smallest absolute Gasteiger partial charge is 0.227 e. The van der Waals surface area contributed by atoms with Gasteiger partial charge in [0.1, 0.15) is 11.6 Å². The fourth-order valence-electron chi connectivity index (χ4n) is 2.47. The Hall–Kier alpha value is -2.05. The summed E-state index contributed by atoms with van der Waals surface area (Å²) in [6.07, 6.45) is 4.68. The third kappa shape index (κ3) is 2.35. The van der Waals surface area contributed by atoms with Crippen LogP contribution in [0.2, 0.25) is 0 Å². The maximum atomic E-state index is 14.0. The van der Waals surface area contributed by atoms with Gasteiger partial charge in [-0.1, -0.05) is 0 Å². The van der Waals surface area contributed by atoms with Crippen LogP contribution in [0.15, 0.2) is 6.20 Å². The molecule has 106 valence electrons. The van der Waals surface area contributed by atoms with Crippen molar-refractivity contribution in [3.05, 3.63) is 23.7 Å². The quantitative estimate of drug-likeness (QED) is 0.837. The Bertz CT molecular complexity index is 617. The van der Waals surface area contributed by atoms with Crippen molar-refractivity contribution < 1.29 is 4.39 Å². The second-order valence-electron chi connectivity index (χ2n) is 5.01. The number of halogens is 1. The van der Waals surface area contributed by atoms with E-state index in [2.05, 4.69) is 25.0 Å². The molecule has 1 fully saturated rings. The zero-order chi connectivity index (χ0) is 14.1. The lowest BCUT2D eigenvalue weighted by Crippen LogP contribution is -2.31. The number of aromatic nitrogens is 5. The molecule has 3 rings (SSSR count). The van der Waals surface area contributed by atoms with Crippen LogP contribution in [-0.2, 0) is 0 Å². The van der Waals surface area contributed by atoms with E-state index in [1.807, 2.05) is 0 Å². The summed E-state index contributed by atoms with van der Waals surface area (Å²) in [5.41, 5.74) is 0. The van der Waals surface area contributed by atoms with Crippen LogP contribution < -0.4 is 4.90 Å². The summed E-state index contributed by atoms with van der Waals surface area (Å²) >= 11 is 0. The highest BCUT2D eigenvalue weighted by molar-refractivity contribution is 5.36. The molecule has 0 radical (unpaired) electrons. The van der Waals surface area contributed by atoms with Gasteiger partial charge in [-0.05, 0) is 33.1 Å². The molecule has 0 spiro atoms. The highest BCUT2D eigenvalue weighted by Gasteiger charge is 2.18. The molecule has 1 aliphatic rings. The van der Waals surface area contributed by atoms with Gasteiger partial charge in [-0.2, -0.15) is 9.67 Å². The largest absolute Gasteiger partial charge is 0.341 e. The Morgan fingerprint density at radius 2 is 1.85 bits per heavy atom. The lowest BCUT2D eigenvalue weighted by molar-refractivity contribution is 0.555. The van der Waals surface area contributed by atoms with E-state index < -0.39 is 5.82 Å². The standard InChI is InChI=1S/C13H17FN6/c1-9-16-10(2)20(18-9)12-11(14)8-15-13(17-12)19-6-4-3-5-7-19/h8H,3-7H2,1-2H3. The Balaban J connectivity index is 2.00. The second-order valence-corrected chi connectivity index (χ2v) is 5.01. The van der Waals surface area contributed by atoms with Crippen molar-refractivity contribution in [1.82, 2.24) is 24.7 Å². The van der Waals surface area contributed by atoms with Crippen molar-refractivity contribution in [3.63, 3.8) is 0 Å². The second kappa shape index (κ2) is 5.15. The van der Waals surface area contributed by atoms with Gasteiger partial charge in [-0.25, -0.2) is 14.4 Å². The molecule has 0 bridgehead atoms. The third-order valence-corrected chi connectivity index (χ3v) is 3.43. The van der Waals surface area contributed by atoms with Gasteiger partial charge in [0.2, 0.25) is 5.95 Å². The molecule has 0 N–H and O–H groups in total. The number of hydrogen-bond acceptors (Lipinski definition) is 5. The maximum Gasteiger partial charge on any atom is 0.227 e. The molecule has 7 heteroatoms. The van der Waals surface area contributed by atoms with Gasteiger partial charge in [-0.3, -0.25) is 0 Å². The molecule has 0 amide bonds. The third-order valence-electron chi connectivity index (χ3n) is 3.43. The average molecular weight is 276 g/mol. The summed E-state index contributed by atoms with van der Waals surface area (Å²) in [6.45, 7) is 5.39. The normalized spacial score (nSPS) is 15.7. The first-order chi connectivity index (χ1) is 9.65. The summed E-state index contributed by atoms with van der Waals surface area (Å²) in [5, 5.41) is 4.18. The van der Waals surface area contributed by atoms with Crippen molar-refractivity contribution in [2.24, 2.45) is 0 Å². The molecule has 1 aliphatic heterocycles. The maximum absolute atomic E-state index is 14.0. The number of piperidine rings is 1. The molecule has 0 unspecified atom stereocenters. The van der Waals surface area contributed by atoms with Crippen LogP contribution in [0.1, 0.15) is 30.9 Å². The van der Waals surface area contributed by atoms with Crippen LogP contribution in [0, 0.1) is 19.7 Å². The lowest BCUT2D eigenvalue weighted by Gasteiger charge is -2.26. The first-order valence-electron chi connectivity index (χ1n) is 6.83. The molecule has 6 nitrogen and oxygen atoms in total. The Kier molecular flexibility index (Phi) is 3.33. The van der Waals surface area contributed by atoms with E-state index in [0.29, 0.717) is 17.6 Å². The van der Waals surface area contributed by atoms with Crippen LogP contribution in [-0.4, -0.2) is 37.8 Å². The number of aryl methyl sites for hydroxylation is 2. The number of rotatable bonds is 2. The van der Waals surface area contributed by atoms with Gasteiger partial charge in [0.25, 0.3) is 0 Å². The zero-order valence-electron chi connectivity index (χ0n) is 11.7. The number of anilines is 1. The van der Waals surface area contributed by atoms with Crippen LogP contribution in [0.5, 0.6) is 0 Å². The van der Waals surface area contributed by atoms with E-state index in [1.165, 1.54) is 17.3 Å². The summed E-state index contributed by atoms with van der Waals surface area (Å²) in [7, 11) is 0. The van der Waals surface area contributed by atoms with Crippen molar-refractivity contribution in [2.45, 2.75) is 33.1 Å². The van der Waals surface area contributed by atoms with Crippen molar-refractivity contribution in [3.8, 4) is 5.82 Å². The number of nitrogens with zero attached hydrogens (tertiary/aromatic N) is 6. The fourth-order valence-corrected chi connectivity index (χ4v) is 2.47. The molecule has 0 atom stereocenters. The first kappa shape index (κ1) is 13.0. The Morgan fingerprint density at radius 3 is 2.50 bits per heavy atom. The van der Waals surface area contributed by atoms with E-state index in [1.54, 1.807) is 13.8 Å². The minimum absolute atomic E-state index is 0.165.